The third kappa shape index (κ3) is 2.48. The van der Waals surface area contributed by atoms with Crippen molar-refractivity contribution in [2.45, 2.75) is 25.6 Å². The Morgan fingerprint density at radius 3 is 2.62 bits per heavy atom. The highest BCUT2D eigenvalue weighted by Crippen LogP contribution is 2.28. The minimum Gasteiger partial charge on any atom is -0.393 e. The normalized spacial score (nSPS) is 23.9. The van der Waals surface area contributed by atoms with Crippen molar-refractivity contribution in [3.05, 3.63) is 18.1 Å². The molecule has 0 aromatic carbocycles. The minimum atomic E-state index is -0.110. The first-order valence-corrected chi connectivity index (χ1v) is 5.50. The highest BCUT2D eigenvalue weighted by molar-refractivity contribution is 5.34. The monoisotopic (exact) mass is 223 g/mol. The minimum absolute atomic E-state index is 0.0776. The van der Waals surface area contributed by atoms with E-state index in [-0.39, 0.29) is 12.7 Å². The fourth-order valence-electron chi connectivity index (χ4n) is 1.96. The molecule has 1 heterocycles. The van der Waals surface area contributed by atoms with E-state index in [1.54, 1.807) is 12.4 Å². The summed E-state index contributed by atoms with van der Waals surface area (Å²) < 4.78 is 0. The van der Waals surface area contributed by atoms with Gasteiger partial charge in [0.15, 0.2) is 0 Å². The SMILES string of the molecule is CN(CC1CC(O)C1)c1cnc(CO)cn1. The maximum absolute atomic E-state index is 9.20. The van der Waals surface area contributed by atoms with E-state index in [0.717, 1.165) is 25.2 Å². The lowest BCUT2D eigenvalue weighted by molar-refractivity contribution is 0.0464. The molecule has 1 fully saturated rings. The van der Waals surface area contributed by atoms with Gasteiger partial charge in [-0.25, -0.2) is 4.98 Å². The summed E-state index contributed by atoms with van der Waals surface area (Å²) in [6, 6.07) is 0. The van der Waals surface area contributed by atoms with Crippen LogP contribution in [0.3, 0.4) is 0 Å². The Hall–Kier alpha value is -1.20. The Balaban J connectivity index is 1.90. The van der Waals surface area contributed by atoms with Gasteiger partial charge in [0.2, 0.25) is 0 Å². The molecule has 1 aliphatic carbocycles. The Morgan fingerprint density at radius 2 is 2.12 bits per heavy atom. The van der Waals surface area contributed by atoms with Crippen LogP contribution in [0.1, 0.15) is 18.5 Å². The van der Waals surface area contributed by atoms with Gasteiger partial charge >= 0.3 is 0 Å². The third-order valence-corrected chi connectivity index (χ3v) is 2.99. The van der Waals surface area contributed by atoms with Crippen molar-refractivity contribution in [3.8, 4) is 0 Å². The molecule has 0 amide bonds. The van der Waals surface area contributed by atoms with Gasteiger partial charge in [-0.05, 0) is 18.8 Å². The molecule has 0 atom stereocenters. The first-order valence-electron chi connectivity index (χ1n) is 5.50. The molecule has 1 aliphatic rings. The Kier molecular flexibility index (Phi) is 3.36. The van der Waals surface area contributed by atoms with Crippen LogP contribution in [0.15, 0.2) is 12.4 Å². The highest BCUT2D eigenvalue weighted by Gasteiger charge is 2.28. The van der Waals surface area contributed by atoms with Crippen molar-refractivity contribution in [1.29, 1.82) is 0 Å². The van der Waals surface area contributed by atoms with Gasteiger partial charge in [-0.2, -0.15) is 0 Å². The molecule has 88 valence electrons. The van der Waals surface area contributed by atoms with E-state index in [2.05, 4.69) is 9.97 Å². The zero-order valence-corrected chi connectivity index (χ0v) is 9.37. The number of anilines is 1. The van der Waals surface area contributed by atoms with E-state index in [1.807, 2.05) is 11.9 Å². The molecule has 1 saturated carbocycles. The van der Waals surface area contributed by atoms with Crippen LogP contribution in [0.25, 0.3) is 0 Å². The molecule has 0 bridgehead atoms. The van der Waals surface area contributed by atoms with Crippen LogP contribution in [0.2, 0.25) is 0 Å². The van der Waals surface area contributed by atoms with Crippen molar-refractivity contribution in [2.75, 3.05) is 18.5 Å². The molecule has 1 aromatic heterocycles. The van der Waals surface area contributed by atoms with Crippen molar-refractivity contribution in [2.24, 2.45) is 5.92 Å². The van der Waals surface area contributed by atoms with Crippen LogP contribution in [-0.2, 0) is 6.61 Å². The molecule has 0 unspecified atom stereocenters. The van der Waals surface area contributed by atoms with E-state index >= 15 is 0 Å². The Bertz CT molecular complexity index is 336. The predicted molar refractivity (Wildman–Crippen MR) is 60.0 cm³/mol. The second kappa shape index (κ2) is 4.76. The van der Waals surface area contributed by atoms with Crippen molar-refractivity contribution < 1.29 is 10.2 Å². The zero-order valence-electron chi connectivity index (χ0n) is 9.37. The van der Waals surface area contributed by atoms with Crippen LogP contribution in [0.5, 0.6) is 0 Å². The average Bonchev–Trinajstić information content (AvgIpc) is 2.27. The summed E-state index contributed by atoms with van der Waals surface area (Å²) in [6.45, 7) is 0.815. The van der Waals surface area contributed by atoms with Gasteiger partial charge < -0.3 is 15.1 Å². The second-order valence-electron chi connectivity index (χ2n) is 4.40. The summed E-state index contributed by atoms with van der Waals surface area (Å²) in [5.74, 6) is 1.36. The van der Waals surface area contributed by atoms with Gasteiger partial charge in [-0.1, -0.05) is 0 Å². The fraction of sp³-hybridized carbons (Fsp3) is 0.636. The van der Waals surface area contributed by atoms with Crippen LogP contribution in [0, 0.1) is 5.92 Å². The summed E-state index contributed by atoms with van der Waals surface area (Å²) >= 11 is 0. The summed E-state index contributed by atoms with van der Waals surface area (Å²) in [4.78, 5) is 10.3. The van der Waals surface area contributed by atoms with Crippen LogP contribution >= 0.6 is 0 Å². The summed E-state index contributed by atoms with van der Waals surface area (Å²) in [7, 11) is 1.97. The van der Waals surface area contributed by atoms with Crippen LogP contribution in [-0.4, -0.2) is 39.9 Å². The third-order valence-electron chi connectivity index (χ3n) is 2.99. The molecule has 0 radical (unpaired) electrons. The van der Waals surface area contributed by atoms with Gasteiger partial charge in [0, 0.05) is 13.6 Å². The van der Waals surface area contributed by atoms with E-state index in [1.165, 1.54) is 0 Å². The average molecular weight is 223 g/mol. The smallest absolute Gasteiger partial charge is 0.146 e. The molecule has 5 nitrogen and oxygen atoms in total. The molecule has 5 heteroatoms. The number of nitrogens with zero attached hydrogens (tertiary/aromatic N) is 3. The summed E-state index contributed by atoms with van der Waals surface area (Å²) in [5, 5.41) is 18.0. The molecule has 16 heavy (non-hydrogen) atoms. The molecule has 0 saturated heterocycles. The topological polar surface area (TPSA) is 69.5 Å². The quantitative estimate of drug-likeness (QED) is 0.762. The van der Waals surface area contributed by atoms with Gasteiger partial charge in [-0.15, -0.1) is 0 Å². The standard InChI is InChI=1S/C11H17N3O2/c1-14(6-8-2-10(16)3-8)11-5-12-9(7-15)4-13-11/h4-5,8,10,15-16H,2-3,6-7H2,1H3. The number of hydrogen-bond donors (Lipinski definition) is 2. The second-order valence-corrected chi connectivity index (χ2v) is 4.40. The van der Waals surface area contributed by atoms with E-state index < -0.39 is 0 Å². The van der Waals surface area contributed by atoms with Crippen molar-refractivity contribution in [1.82, 2.24) is 9.97 Å². The number of aliphatic hydroxyl groups excluding tert-OH is 2. The number of rotatable bonds is 4. The zero-order chi connectivity index (χ0) is 11.5. The first kappa shape index (κ1) is 11.3. The summed E-state index contributed by atoms with van der Waals surface area (Å²) in [5.41, 5.74) is 0.580. The maximum atomic E-state index is 9.20. The lowest BCUT2D eigenvalue weighted by Crippen LogP contribution is -2.37. The molecule has 2 rings (SSSR count). The number of hydrogen-bond acceptors (Lipinski definition) is 5. The molecular weight excluding hydrogens is 206 g/mol. The summed E-state index contributed by atoms with van der Waals surface area (Å²) in [6.07, 6.45) is 4.91. The largest absolute Gasteiger partial charge is 0.393 e. The first-order chi connectivity index (χ1) is 7.69. The van der Waals surface area contributed by atoms with Gasteiger partial charge in [0.25, 0.3) is 0 Å². The van der Waals surface area contributed by atoms with Gasteiger partial charge in [-0.3, -0.25) is 4.98 Å². The lowest BCUT2D eigenvalue weighted by Gasteiger charge is -2.34. The van der Waals surface area contributed by atoms with E-state index in [9.17, 15) is 5.11 Å². The molecule has 2 N–H and O–H groups in total. The van der Waals surface area contributed by atoms with Crippen LogP contribution < -0.4 is 4.90 Å². The van der Waals surface area contributed by atoms with E-state index in [0.29, 0.717) is 11.6 Å². The highest BCUT2D eigenvalue weighted by atomic mass is 16.3. The van der Waals surface area contributed by atoms with Crippen LogP contribution in [0.4, 0.5) is 5.82 Å². The van der Waals surface area contributed by atoms with Gasteiger partial charge in [0.1, 0.15) is 5.82 Å². The molecule has 0 spiro atoms. The van der Waals surface area contributed by atoms with Gasteiger partial charge in [0.05, 0.1) is 30.8 Å². The maximum Gasteiger partial charge on any atom is 0.146 e. The van der Waals surface area contributed by atoms with E-state index in [4.69, 9.17) is 5.11 Å². The fourth-order valence-corrected chi connectivity index (χ4v) is 1.96. The molecule has 0 aliphatic heterocycles. The lowest BCUT2D eigenvalue weighted by atomic mass is 9.82. The number of aliphatic hydroxyl groups is 2. The molecule has 1 aromatic rings. The Labute approximate surface area is 94.8 Å². The van der Waals surface area contributed by atoms with Crippen molar-refractivity contribution >= 4 is 5.82 Å². The number of aromatic nitrogens is 2. The van der Waals surface area contributed by atoms with Crippen molar-refractivity contribution in [3.63, 3.8) is 0 Å². The Morgan fingerprint density at radius 1 is 1.38 bits per heavy atom. The molecular formula is C11H17N3O2. The predicted octanol–water partition coefficient (Wildman–Crippen LogP) is 0.176.